The molecule has 41 heavy (non-hydrogen) atoms. The molecule has 3 aliphatic rings. The van der Waals surface area contributed by atoms with Crippen LogP contribution >= 0.6 is 0 Å². The molecule has 0 radical (unpaired) electrons. The summed E-state index contributed by atoms with van der Waals surface area (Å²) in [6.07, 6.45) is 6.36. The number of aliphatic hydroxyl groups is 1. The largest absolute Gasteiger partial charge is 0.387 e. The molecule has 2 atom stereocenters. The molecule has 3 fully saturated rings. The average molecular weight is 567 g/mol. The van der Waals surface area contributed by atoms with Gasteiger partial charge in [0, 0.05) is 74.0 Å². The van der Waals surface area contributed by atoms with E-state index < -0.39 is 22.4 Å². The Bertz CT molecular complexity index is 1350. The van der Waals surface area contributed by atoms with Gasteiger partial charge in [-0.3, -0.25) is 14.4 Å². The molecule has 5 rings (SSSR count). The quantitative estimate of drug-likeness (QED) is 0.535. The molecule has 1 saturated carbocycles. The lowest BCUT2D eigenvalue weighted by Crippen LogP contribution is -2.61. The zero-order chi connectivity index (χ0) is 29.4. The van der Waals surface area contributed by atoms with Crippen molar-refractivity contribution in [3.8, 4) is 11.1 Å². The zero-order valence-electron chi connectivity index (χ0n) is 24.5. The maximum atomic E-state index is 14.9. The summed E-state index contributed by atoms with van der Waals surface area (Å²) < 4.78 is 16.3. The molecular weight excluding hydrogens is 523 g/mol. The Morgan fingerprint density at radius 2 is 1.80 bits per heavy atom. The Kier molecular flexibility index (Phi) is 8.39. The standard InChI is InChI=1S/C32H43FN4O4/c1-22(17-23-7-6-8-23)29(39)36-14-11-32(41,31(2,3)20-36)21-37-19-26(30(40)35-15-12-34-13-16-35)25(18-28(37)38)24-9-4-5-10-27(24)33/h4-5,9-10,18-19,22-23,34,41H,6-8,11-17,20-21H2,1-3H3/t22-,32?/m1/s1. The number of hydrogen-bond acceptors (Lipinski definition) is 5. The first-order valence-electron chi connectivity index (χ1n) is 15.0. The number of rotatable bonds is 7. The smallest absolute Gasteiger partial charge is 0.256 e. The summed E-state index contributed by atoms with van der Waals surface area (Å²) in [6.45, 7) is 8.94. The van der Waals surface area contributed by atoms with E-state index >= 15 is 0 Å². The molecule has 2 amide bonds. The van der Waals surface area contributed by atoms with Crippen LogP contribution < -0.4 is 10.9 Å². The molecule has 1 aromatic heterocycles. The number of nitrogens with zero attached hydrogens (tertiary/aromatic N) is 3. The maximum absolute atomic E-state index is 14.9. The number of aromatic nitrogens is 1. The zero-order valence-corrected chi connectivity index (χ0v) is 24.5. The van der Waals surface area contributed by atoms with Crippen LogP contribution in [0, 0.1) is 23.1 Å². The van der Waals surface area contributed by atoms with Gasteiger partial charge in [-0.15, -0.1) is 0 Å². The number of carbonyl (C=O) groups is 2. The molecule has 3 heterocycles. The van der Waals surface area contributed by atoms with E-state index in [0.29, 0.717) is 51.6 Å². The van der Waals surface area contributed by atoms with Gasteiger partial charge < -0.3 is 24.8 Å². The van der Waals surface area contributed by atoms with Gasteiger partial charge in [0.05, 0.1) is 17.7 Å². The average Bonchev–Trinajstić information content (AvgIpc) is 2.93. The van der Waals surface area contributed by atoms with E-state index in [-0.39, 0.29) is 41.0 Å². The third kappa shape index (κ3) is 5.97. The normalized spacial score (nSPS) is 23.6. The van der Waals surface area contributed by atoms with Gasteiger partial charge in [-0.1, -0.05) is 58.2 Å². The van der Waals surface area contributed by atoms with Crippen LogP contribution in [-0.2, 0) is 11.3 Å². The van der Waals surface area contributed by atoms with E-state index in [1.165, 1.54) is 42.2 Å². The molecule has 222 valence electrons. The highest BCUT2D eigenvalue weighted by atomic mass is 19.1. The monoisotopic (exact) mass is 566 g/mol. The van der Waals surface area contributed by atoms with Gasteiger partial charge in [-0.2, -0.15) is 0 Å². The van der Waals surface area contributed by atoms with Gasteiger partial charge in [-0.05, 0) is 24.8 Å². The van der Waals surface area contributed by atoms with Crippen molar-refractivity contribution in [2.75, 3.05) is 39.3 Å². The number of piperidine rings is 1. The van der Waals surface area contributed by atoms with Crippen molar-refractivity contribution in [2.24, 2.45) is 17.3 Å². The van der Waals surface area contributed by atoms with E-state index in [1.807, 2.05) is 25.7 Å². The minimum absolute atomic E-state index is 0.0299. The number of carbonyl (C=O) groups excluding carboxylic acids is 2. The summed E-state index contributed by atoms with van der Waals surface area (Å²) >= 11 is 0. The minimum Gasteiger partial charge on any atom is -0.387 e. The third-order valence-electron chi connectivity index (χ3n) is 9.64. The van der Waals surface area contributed by atoms with Crippen LogP contribution in [0.25, 0.3) is 11.1 Å². The van der Waals surface area contributed by atoms with Crippen LogP contribution in [-0.4, -0.2) is 76.2 Å². The Labute approximate surface area is 241 Å². The molecule has 1 aliphatic carbocycles. The van der Waals surface area contributed by atoms with Crippen molar-refractivity contribution in [3.63, 3.8) is 0 Å². The molecule has 1 aromatic carbocycles. The Hall–Kier alpha value is -3.04. The summed E-state index contributed by atoms with van der Waals surface area (Å²) in [5.41, 5.74) is -1.74. The fourth-order valence-electron chi connectivity index (χ4n) is 6.57. The Morgan fingerprint density at radius 3 is 2.44 bits per heavy atom. The van der Waals surface area contributed by atoms with Crippen molar-refractivity contribution < 1.29 is 19.1 Å². The minimum atomic E-state index is -1.29. The molecule has 0 spiro atoms. The van der Waals surface area contributed by atoms with E-state index in [0.717, 1.165) is 6.42 Å². The summed E-state index contributed by atoms with van der Waals surface area (Å²) in [5, 5.41) is 15.2. The highest BCUT2D eigenvalue weighted by molar-refractivity contribution is 6.00. The number of pyridine rings is 1. The second-order valence-electron chi connectivity index (χ2n) is 12.9. The third-order valence-corrected chi connectivity index (χ3v) is 9.64. The van der Waals surface area contributed by atoms with Gasteiger partial charge in [0.2, 0.25) is 5.91 Å². The van der Waals surface area contributed by atoms with Crippen molar-refractivity contribution in [1.29, 1.82) is 0 Å². The topological polar surface area (TPSA) is 94.9 Å². The molecule has 8 nitrogen and oxygen atoms in total. The van der Waals surface area contributed by atoms with E-state index in [2.05, 4.69) is 5.32 Å². The van der Waals surface area contributed by atoms with Gasteiger partial charge in [0.15, 0.2) is 0 Å². The fraction of sp³-hybridized carbons (Fsp3) is 0.594. The molecule has 2 aromatic rings. The van der Waals surface area contributed by atoms with Gasteiger partial charge in [0.1, 0.15) is 5.82 Å². The molecule has 2 aliphatic heterocycles. The summed E-state index contributed by atoms with van der Waals surface area (Å²) in [4.78, 5) is 44.0. The highest BCUT2D eigenvalue weighted by Gasteiger charge is 2.49. The van der Waals surface area contributed by atoms with E-state index in [9.17, 15) is 23.9 Å². The van der Waals surface area contributed by atoms with Crippen LogP contribution in [0.2, 0.25) is 0 Å². The van der Waals surface area contributed by atoms with Crippen molar-refractivity contribution in [2.45, 2.75) is 65.0 Å². The number of amides is 2. The SMILES string of the molecule is C[C@H](CC1CCC1)C(=O)N1CCC(O)(Cn2cc(C(=O)N3CCNCC3)c(-c3ccccc3F)cc2=O)C(C)(C)C1. The predicted molar refractivity (Wildman–Crippen MR) is 156 cm³/mol. The first-order valence-corrected chi connectivity index (χ1v) is 15.0. The summed E-state index contributed by atoms with van der Waals surface area (Å²) in [6, 6.07) is 7.44. The molecule has 0 bridgehead atoms. The number of benzene rings is 1. The van der Waals surface area contributed by atoms with E-state index in [4.69, 9.17) is 0 Å². The second-order valence-corrected chi connectivity index (χ2v) is 12.9. The van der Waals surface area contributed by atoms with Gasteiger partial charge >= 0.3 is 0 Å². The van der Waals surface area contributed by atoms with Crippen LogP contribution in [0.3, 0.4) is 0 Å². The lowest BCUT2D eigenvalue weighted by Gasteiger charge is -2.51. The van der Waals surface area contributed by atoms with Crippen molar-refractivity contribution in [3.05, 3.63) is 58.3 Å². The van der Waals surface area contributed by atoms with Crippen LogP contribution in [0.4, 0.5) is 4.39 Å². The van der Waals surface area contributed by atoms with Gasteiger partial charge in [0.25, 0.3) is 11.5 Å². The van der Waals surface area contributed by atoms with Crippen molar-refractivity contribution in [1.82, 2.24) is 19.7 Å². The number of piperazine rings is 1. The predicted octanol–water partition coefficient (Wildman–Crippen LogP) is 3.52. The fourth-order valence-corrected chi connectivity index (χ4v) is 6.57. The second kappa shape index (κ2) is 11.7. The molecular formula is C32H43FN4O4. The van der Waals surface area contributed by atoms with E-state index in [1.54, 1.807) is 23.1 Å². The number of nitrogens with one attached hydrogen (secondary N) is 1. The van der Waals surface area contributed by atoms with Crippen LogP contribution in [0.1, 0.15) is 63.2 Å². The van der Waals surface area contributed by atoms with Crippen LogP contribution in [0.15, 0.2) is 41.3 Å². The Morgan fingerprint density at radius 1 is 1.10 bits per heavy atom. The Balaban J connectivity index is 1.42. The summed E-state index contributed by atoms with van der Waals surface area (Å²) in [7, 11) is 0. The highest BCUT2D eigenvalue weighted by Crippen LogP contribution is 2.41. The number of likely N-dealkylation sites (tertiary alicyclic amines) is 1. The number of halogens is 1. The molecule has 1 unspecified atom stereocenters. The summed E-state index contributed by atoms with van der Waals surface area (Å²) in [5.74, 6) is -0.0642. The van der Waals surface area contributed by atoms with Crippen LogP contribution in [0.5, 0.6) is 0 Å². The number of hydrogen-bond donors (Lipinski definition) is 2. The molecule has 9 heteroatoms. The first kappa shape index (κ1) is 29.5. The lowest BCUT2D eigenvalue weighted by molar-refractivity contribution is -0.157. The van der Waals surface area contributed by atoms with Gasteiger partial charge in [-0.25, -0.2) is 4.39 Å². The lowest BCUT2D eigenvalue weighted by atomic mass is 9.69. The first-order chi connectivity index (χ1) is 19.5. The van der Waals surface area contributed by atoms with Crippen molar-refractivity contribution >= 4 is 11.8 Å². The molecule has 2 saturated heterocycles. The molecule has 2 N–H and O–H groups in total. The maximum Gasteiger partial charge on any atom is 0.256 e.